The topological polar surface area (TPSA) is 80.5 Å². The predicted molar refractivity (Wildman–Crippen MR) is 66.1 cm³/mol. The van der Waals surface area contributed by atoms with E-state index in [0.717, 1.165) is 31.6 Å². The highest BCUT2D eigenvalue weighted by Gasteiger charge is 2.40. The highest BCUT2D eigenvalue weighted by molar-refractivity contribution is 5.04. The van der Waals surface area contributed by atoms with Crippen molar-refractivity contribution in [2.75, 3.05) is 0 Å². The molecule has 1 saturated carbocycles. The molecule has 0 spiro atoms. The summed E-state index contributed by atoms with van der Waals surface area (Å²) in [6, 6.07) is 0. The third-order valence-corrected chi connectivity index (χ3v) is 4.68. The first kappa shape index (κ1) is 12.5. The van der Waals surface area contributed by atoms with Crippen molar-refractivity contribution in [2.45, 2.75) is 58.4 Å². The molecule has 0 unspecified atom stereocenters. The molecule has 17 heavy (non-hydrogen) atoms. The van der Waals surface area contributed by atoms with Gasteiger partial charge in [-0.3, -0.25) is 0 Å². The van der Waals surface area contributed by atoms with Crippen LogP contribution in [-0.4, -0.2) is 20.6 Å². The van der Waals surface area contributed by atoms with Crippen LogP contribution in [0.2, 0.25) is 0 Å². The molecule has 1 heterocycles. The summed E-state index contributed by atoms with van der Waals surface area (Å²) in [4.78, 5) is 0. The van der Waals surface area contributed by atoms with Gasteiger partial charge in [-0.1, -0.05) is 32.4 Å². The van der Waals surface area contributed by atoms with E-state index < -0.39 is 0 Å². The molecule has 0 radical (unpaired) electrons. The molecule has 0 bridgehead atoms. The van der Waals surface area contributed by atoms with E-state index >= 15 is 0 Å². The Bertz CT molecular complexity index is 349. The maximum absolute atomic E-state index is 6.39. The maximum atomic E-state index is 6.39. The Balaban J connectivity index is 2.03. The van der Waals surface area contributed by atoms with E-state index in [1.807, 2.05) is 0 Å². The molecule has 5 nitrogen and oxygen atoms in total. The molecular formula is C12H23N5. The average Bonchev–Trinajstić information content (AvgIpc) is 2.84. The molecule has 0 amide bonds. The van der Waals surface area contributed by atoms with Crippen LogP contribution in [0.1, 0.15) is 58.7 Å². The van der Waals surface area contributed by atoms with Gasteiger partial charge in [-0.25, -0.2) is 0 Å². The lowest BCUT2D eigenvalue weighted by Gasteiger charge is -2.41. The summed E-state index contributed by atoms with van der Waals surface area (Å²) in [7, 11) is 0. The van der Waals surface area contributed by atoms with Crippen LogP contribution in [-0.2, 0) is 5.54 Å². The number of aromatic amines is 1. The fourth-order valence-corrected chi connectivity index (χ4v) is 2.80. The van der Waals surface area contributed by atoms with E-state index in [2.05, 4.69) is 41.4 Å². The zero-order chi connectivity index (χ0) is 12.5. The van der Waals surface area contributed by atoms with Gasteiger partial charge in [0, 0.05) is 0 Å². The highest BCUT2D eigenvalue weighted by atomic mass is 15.5. The molecule has 1 aliphatic carbocycles. The van der Waals surface area contributed by atoms with Gasteiger partial charge in [0.1, 0.15) is 0 Å². The van der Waals surface area contributed by atoms with Crippen molar-refractivity contribution < 1.29 is 0 Å². The van der Waals surface area contributed by atoms with Gasteiger partial charge >= 0.3 is 0 Å². The number of nitrogens with two attached hydrogens (primary N) is 1. The van der Waals surface area contributed by atoms with Gasteiger partial charge in [-0.2, -0.15) is 5.21 Å². The minimum Gasteiger partial charge on any atom is -0.319 e. The van der Waals surface area contributed by atoms with E-state index in [-0.39, 0.29) is 5.54 Å². The van der Waals surface area contributed by atoms with Gasteiger partial charge in [-0.05, 0) is 37.0 Å². The van der Waals surface area contributed by atoms with Gasteiger partial charge in [0.2, 0.25) is 0 Å². The van der Waals surface area contributed by atoms with E-state index in [1.54, 1.807) is 0 Å². The van der Waals surface area contributed by atoms with Crippen molar-refractivity contribution in [3.63, 3.8) is 0 Å². The van der Waals surface area contributed by atoms with Crippen molar-refractivity contribution in [2.24, 2.45) is 17.1 Å². The summed E-state index contributed by atoms with van der Waals surface area (Å²) < 4.78 is 0. The number of rotatable bonds is 3. The molecule has 0 atom stereocenters. The van der Waals surface area contributed by atoms with Crippen molar-refractivity contribution in [3.8, 4) is 0 Å². The SMILES string of the molecule is CCC(C)(C)C1CCC(N)(c2nn[nH]n2)CC1. The molecule has 2 rings (SSSR count). The third-order valence-electron chi connectivity index (χ3n) is 4.68. The lowest BCUT2D eigenvalue weighted by Crippen LogP contribution is -2.43. The highest BCUT2D eigenvalue weighted by Crippen LogP contribution is 2.44. The van der Waals surface area contributed by atoms with Crippen molar-refractivity contribution in [1.29, 1.82) is 0 Å². The molecule has 0 aliphatic heterocycles. The summed E-state index contributed by atoms with van der Waals surface area (Å²) in [5, 5.41) is 14.2. The number of H-pyrrole nitrogens is 1. The predicted octanol–water partition coefficient (Wildman–Crippen LogP) is 1.98. The van der Waals surface area contributed by atoms with Crippen molar-refractivity contribution in [1.82, 2.24) is 20.6 Å². The van der Waals surface area contributed by atoms with Crippen LogP contribution in [0.5, 0.6) is 0 Å². The average molecular weight is 237 g/mol. The Morgan fingerprint density at radius 3 is 2.53 bits per heavy atom. The first-order valence-corrected chi connectivity index (χ1v) is 6.51. The van der Waals surface area contributed by atoms with Crippen LogP contribution in [0.3, 0.4) is 0 Å². The zero-order valence-corrected chi connectivity index (χ0v) is 11.0. The van der Waals surface area contributed by atoms with Gasteiger partial charge < -0.3 is 5.73 Å². The molecular weight excluding hydrogens is 214 g/mol. The summed E-state index contributed by atoms with van der Waals surface area (Å²) >= 11 is 0. The van der Waals surface area contributed by atoms with E-state index in [9.17, 15) is 0 Å². The molecule has 1 aromatic heterocycles. The van der Waals surface area contributed by atoms with Crippen molar-refractivity contribution in [3.05, 3.63) is 5.82 Å². The van der Waals surface area contributed by atoms with Gasteiger partial charge in [0.15, 0.2) is 5.82 Å². The molecule has 3 N–H and O–H groups in total. The Labute approximate surface area is 103 Å². The van der Waals surface area contributed by atoms with Gasteiger partial charge in [0.05, 0.1) is 5.54 Å². The lowest BCUT2D eigenvalue weighted by atomic mass is 9.65. The van der Waals surface area contributed by atoms with Gasteiger partial charge in [0.25, 0.3) is 0 Å². The molecule has 5 heteroatoms. The molecule has 0 saturated heterocycles. The largest absolute Gasteiger partial charge is 0.319 e. The molecule has 1 fully saturated rings. The second kappa shape index (κ2) is 4.37. The quantitative estimate of drug-likeness (QED) is 0.842. The number of hydrogen-bond acceptors (Lipinski definition) is 4. The van der Waals surface area contributed by atoms with E-state index in [4.69, 9.17) is 5.73 Å². The Hall–Kier alpha value is -0.970. The summed E-state index contributed by atoms with van der Waals surface area (Å²) in [6.45, 7) is 6.98. The number of tetrazole rings is 1. The molecule has 96 valence electrons. The van der Waals surface area contributed by atoms with E-state index in [1.165, 1.54) is 6.42 Å². The number of nitrogens with one attached hydrogen (secondary N) is 1. The van der Waals surface area contributed by atoms with Gasteiger partial charge in [-0.15, -0.1) is 10.2 Å². The van der Waals surface area contributed by atoms with Crippen molar-refractivity contribution >= 4 is 0 Å². The minimum absolute atomic E-state index is 0.368. The fraction of sp³-hybridized carbons (Fsp3) is 0.917. The number of hydrogen-bond donors (Lipinski definition) is 2. The summed E-state index contributed by atoms with van der Waals surface area (Å²) in [5.41, 5.74) is 6.43. The monoisotopic (exact) mass is 237 g/mol. The number of aromatic nitrogens is 4. The Kier molecular flexibility index (Phi) is 3.21. The zero-order valence-electron chi connectivity index (χ0n) is 11.0. The first-order valence-electron chi connectivity index (χ1n) is 6.51. The molecule has 1 aromatic rings. The van der Waals surface area contributed by atoms with Crippen LogP contribution >= 0.6 is 0 Å². The summed E-state index contributed by atoms with van der Waals surface area (Å²) in [5.74, 6) is 1.43. The summed E-state index contributed by atoms with van der Waals surface area (Å²) in [6.07, 6.45) is 5.45. The lowest BCUT2D eigenvalue weighted by molar-refractivity contribution is 0.112. The second-order valence-corrected chi connectivity index (χ2v) is 6.01. The fourth-order valence-electron chi connectivity index (χ4n) is 2.80. The van der Waals surface area contributed by atoms with Crippen LogP contribution in [0.25, 0.3) is 0 Å². The Morgan fingerprint density at radius 2 is 2.06 bits per heavy atom. The smallest absolute Gasteiger partial charge is 0.194 e. The maximum Gasteiger partial charge on any atom is 0.194 e. The first-order chi connectivity index (χ1) is 7.98. The van der Waals surface area contributed by atoms with Crippen LogP contribution in [0, 0.1) is 11.3 Å². The number of nitrogens with zero attached hydrogens (tertiary/aromatic N) is 3. The standard InChI is InChI=1S/C12H23N5/c1-4-11(2,3)9-5-7-12(13,8-6-9)10-14-16-17-15-10/h9H,4-8,13H2,1-3H3,(H,14,15,16,17). The van der Waals surface area contributed by atoms with E-state index in [0.29, 0.717) is 11.2 Å². The Morgan fingerprint density at radius 1 is 1.41 bits per heavy atom. The van der Waals surface area contributed by atoms with Crippen LogP contribution < -0.4 is 5.73 Å². The van der Waals surface area contributed by atoms with Crippen LogP contribution in [0.4, 0.5) is 0 Å². The van der Waals surface area contributed by atoms with Crippen LogP contribution in [0.15, 0.2) is 0 Å². The minimum atomic E-state index is -0.368. The molecule has 0 aromatic carbocycles. The molecule has 1 aliphatic rings. The second-order valence-electron chi connectivity index (χ2n) is 6.01. The third kappa shape index (κ3) is 2.34. The normalized spacial score (nSPS) is 30.5.